The van der Waals surface area contributed by atoms with Gasteiger partial charge in [0.05, 0.1) is 6.04 Å². The molecule has 0 radical (unpaired) electrons. The predicted octanol–water partition coefficient (Wildman–Crippen LogP) is 2.43. The van der Waals surface area contributed by atoms with E-state index >= 15 is 0 Å². The normalized spacial score (nSPS) is 12.7. The van der Waals surface area contributed by atoms with Gasteiger partial charge in [0, 0.05) is 0 Å². The molecule has 1 atom stereocenters. The van der Waals surface area contributed by atoms with Crippen molar-refractivity contribution in [2.24, 2.45) is 0 Å². The standard InChI is InChI=1S/C12H21NO3/c1-5-6-7-8-10(9-14)13-11(15)16-12(2,3)4/h5,9-10H,1,6-8H2,2-4H3,(H,13,15)/t10-/m0/s1. The van der Waals surface area contributed by atoms with E-state index < -0.39 is 17.7 Å². The van der Waals surface area contributed by atoms with Gasteiger partial charge >= 0.3 is 6.09 Å². The molecule has 0 unspecified atom stereocenters. The molecule has 92 valence electrons. The van der Waals surface area contributed by atoms with Crippen molar-refractivity contribution in [3.05, 3.63) is 12.7 Å². The molecule has 0 saturated carbocycles. The van der Waals surface area contributed by atoms with E-state index in [1.807, 2.05) is 0 Å². The van der Waals surface area contributed by atoms with Gasteiger partial charge < -0.3 is 14.8 Å². The highest BCUT2D eigenvalue weighted by Crippen LogP contribution is 2.07. The van der Waals surface area contributed by atoms with Crippen molar-refractivity contribution in [3.63, 3.8) is 0 Å². The second-order valence-corrected chi connectivity index (χ2v) is 4.61. The Kier molecular flexibility index (Phi) is 6.46. The van der Waals surface area contributed by atoms with E-state index in [-0.39, 0.29) is 0 Å². The van der Waals surface area contributed by atoms with Crippen LogP contribution in [0.15, 0.2) is 12.7 Å². The highest BCUT2D eigenvalue weighted by Gasteiger charge is 2.18. The molecule has 0 saturated heterocycles. The average Bonchev–Trinajstić information content (AvgIpc) is 2.13. The molecule has 0 heterocycles. The zero-order chi connectivity index (χ0) is 12.6. The Bertz CT molecular complexity index is 243. The summed E-state index contributed by atoms with van der Waals surface area (Å²) in [5.74, 6) is 0. The lowest BCUT2D eigenvalue weighted by Gasteiger charge is -2.21. The number of carbonyl (C=O) groups excluding carboxylic acids is 2. The van der Waals surface area contributed by atoms with E-state index in [9.17, 15) is 9.59 Å². The van der Waals surface area contributed by atoms with Gasteiger partial charge in [0.2, 0.25) is 0 Å². The Morgan fingerprint density at radius 1 is 1.50 bits per heavy atom. The molecule has 0 aliphatic carbocycles. The highest BCUT2D eigenvalue weighted by molar-refractivity contribution is 5.73. The molecule has 0 rings (SSSR count). The van der Waals surface area contributed by atoms with Crippen LogP contribution in [0.5, 0.6) is 0 Å². The molecule has 0 aromatic carbocycles. The number of carbonyl (C=O) groups is 2. The van der Waals surface area contributed by atoms with Crippen LogP contribution in [0.25, 0.3) is 0 Å². The molecule has 0 spiro atoms. The lowest BCUT2D eigenvalue weighted by molar-refractivity contribution is -0.109. The summed E-state index contributed by atoms with van der Waals surface area (Å²) in [6.45, 7) is 8.93. The number of unbranched alkanes of at least 4 members (excludes halogenated alkanes) is 1. The van der Waals surface area contributed by atoms with E-state index in [1.54, 1.807) is 26.8 Å². The number of nitrogens with one attached hydrogen (secondary N) is 1. The Hall–Kier alpha value is -1.32. The smallest absolute Gasteiger partial charge is 0.408 e. The van der Waals surface area contributed by atoms with Crippen LogP contribution < -0.4 is 5.32 Å². The Morgan fingerprint density at radius 3 is 2.56 bits per heavy atom. The lowest BCUT2D eigenvalue weighted by Crippen LogP contribution is -2.39. The number of ether oxygens (including phenoxy) is 1. The van der Waals surface area contributed by atoms with Crippen molar-refractivity contribution < 1.29 is 14.3 Å². The average molecular weight is 227 g/mol. The molecule has 4 heteroatoms. The van der Waals surface area contributed by atoms with Gasteiger partial charge in [-0.15, -0.1) is 6.58 Å². The Morgan fingerprint density at radius 2 is 2.12 bits per heavy atom. The fourth-order valence-corrected chi connectivity index (χ4v) is 1.12. The third-order valence-corrected chi connectivity index (χ3v) is 1.79. The summed E-state index contributed by atoms with van der Waals surface area (Å²) < 4.78 is 5.05. The molecular formula is C12H21NO3. The maximum Gasteiger partial charge on any atom is 0.408 e. The predicted molar refractivity (Wildman–Crippen MR) is 63.3 cm³/mol. The van der Waals surface area contributed by atoms with Crippen LogP contribution >= 0.6 is 0 Å². The quantitative estimate of drug-likeness (QED) is 0.431. The number of rotatable bonds is 6. The third kappa shape index (κ3) is 8.03. The number of amides is 1. The third-order valence-electron chi connectivity index (χ3n) is 1.79. The van der Waals surface area contributed by atoms with Gasteiger partial charge in [0.1, 0.15) is 11.9 Å². The van der Waals surface area contributed by atoms with Crippen LogP contribution in [-0.2, 0) is 9.53 Å². The van der Waals surface area contributed by atoms with Crippen LogP contribution in [0, 0.1) is 0 Å². The molecule has 0 aromatic rings. The van der Waals surface area contributed by atoms with Crippen molar-refractivity contribution in [2.45, 2.75) is 51.7 Å². The van der Waals surface area contributed by atoms with Gasteiger partial charge in [-0.1, -0.05) is 6.08 Å². The van der Waals surface area contributed by atoms with Crippen LogP contribution in [-0.4, -0.2) is 24.0 Å². The SMILES string of the molecule is C=CCCC[C@@H](C=O)NC(=O)OC(C)(C)C. The molecule has 4 nitrogen and oxygen atoms in total. The summed E-state index contributed by atoms with van der Waals surface area (Å²) in [5, 5.41) is 2.52. The topological polar surface area (TPSA) is 55.4 Å². The van der Waals surface area contributed by atoms with E-state index in [0.717, 1.165) is 19.1 Å². The van der Waals surface area contributed by atoms with Crippen LogP contribution in [0.2, 0.25) is 0 Å². The fourth-order valence-electron chi connectivity index (χ4n) is 1.12. The first kappa shape index (κ1) is 14.7. The van der Waals surface area contributed by atoms with Crippen molar-refractivity contribution in [3.8, 4) is 0 Å². The summed E-state index contributed by atoms with van der Waals surface area (Å²) in [7, 11) is 0. The molecule has 0 fully saturated rings. The highest BCUT2D eigenvalue weighted by atomic mass is 16.6. The minimum Gasteiger partial charge on any atom is -0.444 e. The number of hydrogen-bond acceptors (Lipinski definition) is 3. The largest absolute Gasteiger partial charge is 0.444 e. The van der Waals surface area contributed by atoms with E-state index in [1.165, 1.54) is 0 Å². The summed E-state index contributed by atoms with van der Waals surface area (Å²) >= 11 is 0. The zero-order valence-corrected chi connectivity index (χ0v) is 10.3. The minimum atomic E-state index is -0.553. The number of alkyl carbamates (subject to hydrolysis) is 1. The maximum absolute atomic E-state index is 11.3. The van der Waals surface area contributed by atoms with Gasteiger partial charge in [0.15, 0.2) is 0 Å². The molecule has 1 N–H and O–H groups in total. The summed E-state index contributed by atoms with van der Waals surface area (Å²) in [5.41, 5.74) is -0.543. The van der Waals surface area contributed by atoms with Gasteiger partial charge in [-0.05, 0) is 40.0 Å². The minimum absolute atomic E-state index is 0.477. The second kappa shape index (κ2) is 7.04. The summed E-state index contributed by atoms with van der Waals surface area (Å²) in [6.07, 6.45) is 4.23. The van der Waals surface area contributed by atoms with E-state index in [4.69, 9.17) is 4.74 Å². The lowest BCUT2D eigenvalue weighted by atomic mass is 10.1. The molecule has 1 amide bonds. The summed E-state index contributed by atoms with van der Waals surface area (Å²) in [4.78, 5) is 22.1. The van der Waals surface area contributed by atoms with Crippen LogP contribution in [0.4, 0.5) is 4.79 Å². The first-order valence-electron chi connectivity index (χ1n) is 5.44. The van der Waals surface area contributed by atoms with Crippen molar-refractivity contribution in [1.82, 2.24) is 5.32 Å². The molecule has 0 aliphatic rings. The first-order chi connectivity index (χ1) is 7.39. The molecule has 16 heavy (non-hydrogen) atoms. The van der Waals surface area contributed by atoms with Gasteiger partial charge in [0.25, 0.3) is 0 Å². The monoisotopic (exact) mass is 227 g/mol. The van der Waals surface area contributed by atoms with Crippen molar-refractivity contribution in [2.75, 3.05) is 0 Å². The molecule has 0 aliphatic heterocycles. The number of allylic oxidation sites excluding steroid dienone is 1. The van der Waals surface area contributed by atoms with E-state index in [0.29, 0.717) is 6.42 Å². The van der Waals surface area contributed by atoms with Gasteiger partial charge in [-0.25, -0.2) is 4.79 Å². The number of aldehydes is 1. The molecule has 0 aromatic heterocycles. The first-order valence-corrected chi connectivity index (χ1v) is 5.44. The zero-order valence-electron chi connectivity index (χ0n) is 10.3. The van der Waals surface area contributed by atoms with E-state index in [2.05, 4.69) is 11.9 Å². The Balaban J connectivity index is 3.97. The Labute approximate surface area is 97.1 Å². The summed E-state index contributed by atoms with van der Waals surface area (Å²) in [6, 6.07) is -0.477. The molecular weight excluding hydrogens is 206 g/mol. The number of hydrogen-bond donors (Lipinski definition) is 1. The fraction of sp³-hybridized carbons (Fsp3) is 0.667. The van der Waals surface area contributed by atoms with Crippen molar-refractivity contribution >= 4 is 12.4 Å². The van der Waals surface area contributed by atoms with Crippen LogP contribution in [0.3, 0.4) is 0 Å². The van der Waals surface area contributed by atoms with Crippen molar-refractivity contribution in [1.29, 1.82) is 0 Å². The van der Waals surface area contributed by atoms with Gasteiger partial charge in [-0.2, -0.15) is 0 Å². The molecule has 0 bridgehead atoms. The van der Waals surface area contributed by atoms with Gasteiger partial charge in [-0.3, -0.25) is 0 Å². The second-order valence-electron chi connectivity index (χ2n) is 4.61. The maximum atomic E-state index is 11.3. The van der Waals surface area contributed by atoms with Crippen LogP contribution in [0.1, 0.15) is 40.0 Å².